The number of fused-ring (bicyclic) bond motifs is 2. The molecule has 0 aliphatic carbocycles. The minimum atomic E-state index is 0.557. The van der Waals surface area contributed by atoms with Crippen LogP contribution in [0.2, 0.25) is 0 Å². The lowest BCUT2D eigenvalue weighted by Gasteiger charge is -1.94. The minimum Gasteiger partial charge on any atom is -0.455 e. The van der Waals surface area contributed by atoms with E-state index in [0.717, 1.165) is 38.9 Å². The largest absolute Gasteiger partial charge is 0.455 e. The first-order chi connectivity index (χ1) is 9.83. The summed E-state index contributed by atoms with van der Waals surface area (Å²) in [5.74, 6) is 0.858. The van der Waals surface area contributed by atoms with Crippen molar-refractivity contribution in [2.24, 2.45) is 5.73 Å². The number of H-pyrrole nitrogens is 1. The van der Waals surface area contributed by atoms with Crippen LogP contribution in [-0.2, 0) is 6.54 Å². The second-order valence-electron chi connectivity index (χ2n) is 4.96. The van der Waals surface area contributed by atoms with E-state index in [1.54, 1.807) is 0 Å². The molecule has 0 amide bonds. The molecule has 0 radical (unpaired) electrons. The Morgan fingerprint density at radius 2 is 1.85 bits per heavy atom. The molecule has 0 aliphatic heterocycles. The van der Waals surface area contributed by atoms with Crippen molar-refractivity contribution in [3.05, 3.63) is 60.2 Å². The molecule has 0 atom stereocenters. The molecule has 0 bridgehead atoms. The summed E-state index contributed by atoms with van der Waals surface area (Å²) in [6.45, 7) is 0.557. The number of benzene rings is 2. The Bertz CT molecular complexity index is 869. The van der Waals surface area contributed by atoms with Gasteiger partial charge in [0.25, 0.3) is 0 Å². The fraction of sp³-hybridized carbons (Fsp3) is 0.0588. The standard InChI is InChI=1S/C17H14N2O/c18-10-11-5-6-14-13(7-11)8-15(19-14)17-9-12-3-1-2-4-16(12)20-17/h1-9,19H,10,18H2. The van der Waals surface area contributed by atoms with Crippen LogP contribution in [0.15, 0.2) is 59.0 Å². The highest BCUT2D eigenvalue weighted by Gasteiger charge is 2.09. The molecule has 98 valence electrons. The maximum absolute atomic E-state index is 5.88. The van der Waals surface area contributed by atoms with Gasteiger partial charge >= 0.3 is 0 Å². The number of nitrogens with one attached hydrogen (secondary N) is 1. The summed E-state index contributed by atoms with van der Waals surface area (Å²) in [5, 5.41) is 2.27. The smallest absolute Gasteiger partial charge is 0.151 e. The Morgan fingerprint density at radius 3 is 2.70 bits per heavy atom. The lowest BCUT2D eigenvalue weighted by atomic mass is 10.1. The lowest BCUT2D eigenvalue weighted by molar-refractivity contribution is 0.629. The van der Waals surface area contributed by atoms with E-state index in [9.17, 15) is 0 Å². The summed E-state index contributed by atoms with van der Waals surface area (Å²) in [5.41, 5.74) is 9.81. The Morgan fingerprint density at radius 1 is 0.950 bits per heavy atom. The van der Waals surface area contributed by atoms with Crippen LogP contribution in [0.5, 0.6) is 0 Å². The third kappa shape index (κ3) is 1.72. The van der Waals surface area contributed by atoms with Gasteiger partial charge in [0.05, 0.1) is 5.69 Å². The number of rotatable bonds is 2. The molecule has 0 saturated heterocycles. The van der Waals surface area contributed by atoms with Gasteiger partial charge in [-0.3, -0.25) is 0 Å². The van der Waals surface area contributed by atoms with Crippen molar-refractivity contribution in [3.63, 3.8) is 0 Å². The minimum absolute atomic E-state index is 0.557. The number of furan rings is 1. The number of hydrogen-bond acceptors (Lipinski definition) is 2. The second-order valence-corrected chi connectivity index (χ2v) is 4.96. The summed E-state index contributed by atoms with van der Waals surface area (Å²) in [6, 6.07) is 18.4. The Hall–Kier alpha value is -2.52. The van der Waals surface area contributed by atoms with Gasteiger partial charge in [-0.15, -0.1) is 0 Å². The molecule has 3 nitrogen and oxygen atoms in total. The van der Waals surface area contributed by atoms with Crippen molar-refractivity contribution >= 4 is 21.9 Å². The second kappa shape index (κ2) is 4.25. The predicted molar refractivity (Wildman–Crippen MR) is 81.4 cm³/mol. The molecule has 4 rings (SSSR count). The van der Waals surface area contributed by atoms with Crippen molar-refractivity contribution in [2.45, 2.75) is 6.54 Å². The van der Waals surface area contributed by atoms with Crippen LogP contribution in [0.1, 0.15) is 5.56 Å². The van der Waals surface area contributed by atoms with Crippen LogP contribution < -0.4 is 5.73 Å². The highest BCUT2D eigenvalue weighted by molar-refractivity contribution is 5.88. The van der Waals surface area contributed by atoms with Crippen molar-refractivity contribution in [2.75, 3.05) is 0 Å². The molecule has 2 heterocycles. The summed E-state index contributed by atoms with van der Waals surface area (Å²) >= 11 is 0. The molecule has 4 aromatic rings. The number of para-hydroxylation sites is 1. The summed E-state index contributed by atoms with van der Waals surface area (Å²) in [7, 11) is 0. The SMILES string of the molecule is NCc1ccc2[nH]c(-c3cc4ccccc4o3)cc2c1. The zero-order valence-electron chi connectivity index (χ0n) is 10.9. The molecule has 0 saturated carbocycles. The van der Waals surface area contributed by atoms with E-state index in [4.69, 9.17) is 10.2 Å². The Labute approximate surface area is 116 Å². The van der Waals surface area contributed by atoms with E-state index in [2.05, 4.69) is 35.3 Å². The average molecular weight is 262 g/mol. The van der Waals surface area contributed by atoms with Crippen LogP contribution in [-0.4, -0.2) is 4.98 Å². The maximum atomic E-state index is 5.88. The van der Waals surface area contributed by atoms with Crippen molar-refractivity contribution in [3.8, 4) is 11.5 Å². The molecule has 20 heavy (non-hydrogen) atoms. The first kappa shape index (κ1) is 11.3. The number of aromatic nitrogens is 1. The van der Waals surface area contributed by atoms with Crippen molar-refractivity contribution in [1.82, 2.24) is 4.98 Å². The predicted octanol–water partition coefficient (Wildman–Crippen LogP) is 4.04. The van der Waals surface area contributed by atoms with Gasteiger partial charge in [-0.25, -0.2) is 0 Å². The first-order valence-electron chi connectivity index (χ1n) is 6.64. The number of hydrogen-bond donors (Lipinski definition) is 2. The monoisotopic (exact) mass is 262 g/mol. The molecule has 3 N–H and O–H groups in total. The topological polar surface area (TPSA) is 55.0 Å². The van der Waals surface area contributed by atoms with Gasteiger partial charge in [0.2, 0.25) is 0 Å². The number of aromatic amines is 1. The fourth-order valence-electron chi connectivity index (χ4n) is 2.56. The van der Waals surface area contributed by atoms with Gasteiger partial charge in [0, 0.05) is 22.8 Å². The molecule has 0 spiro atoms. The summed E-state index contributed by atoms with van der Waals surface area (Å²) in [4.78, 5) is 3.39. The molecule has 0 unspecified atom stereocenters. The van der Waals surface area contributed by atoms with E-state index >= 15 is 0 Å². The van der Waals surface area contributed by atoms with Crippen molar-refractivity contribution < 1.29 is 4.42 Å². The van der Waals surface area contributed by atoms with E-state index < -0.39 is 0 Å². The Balaban J connectivity index is 1.88. The van der Waals surface area contributed by atoms with Gasteiger partial charge in [-0.05, 0) is 35.9 Å². The first-order valence-corrected chi connectivity index (χ1v) is 6.64. The molecular formula is C17H14N2O. The van der Waals surface area contributed by atoms with Crippen LogP contribution in [0.4, 0.5) is 0 Å². The van der Waals surface area contributed by atoms with Crippen LogP contribution in [0, 0.1) is 0 Å². The third-order valence-corrected chi connectivity index (χ3v) is 3.61. The molecule has 0 fully saturated rings. The van der Waals surface area contributed by atoms with E-state index in [-0.39, 0.29) is 0 Å². The van der Waals surface area contributed by atoms with Gasteiger partial charge < -0.3 is 15.1 Å². The fourth-order valence-corrected chi connectivity index (χ4v) is 2.56. The molecule has 2 aromatic heterocycles. The van der Waals surface area contributed by atoms with Crippen LogP contribution in [0.3, 0.4) is 0 Å². The average Bonchev–Trinajstić information content (AvgIpc) is 3.09. The third-order valence-electron chi connectivity index (χ3n) is 3.61. The molecule has 3 heteroatoms. The van der Waals surface area contributed by atoms with Gasteiger partial charge in [-0.2, -0.15) is 0 Å². The molecular weight excluding hydrogens is 248 g/mol. The number of nitrogens with two attached hydrogens (primary N) is 1. The molecule has 2 aromatic carbocycles. The van der Waals surface area contributed by atoms with Crippen LogP contribution >= 0.6 is 0 Å². The van der Waals surface area contributed by atoms with Crippen molar-refractivity contribution in [1.29, 1.82) is 0 Å². The van der Waals surface area contributed by atoms with Gasteiger partial charge in [0.15, 0.2) is 5.76 Å². The van der Waals surface area contributed by atoms with Gasteiger partial charge in [0.1, 0.15) is 5.58 Å². The zero-order chi connectivity index (χ0) is 13.5. The normalized spacial score (nSPS) is 11.4. The highest BCUT2D eigenvalue weighted by atomic mass is 16.3. The summed E-state index contributed by atoms with van der Waals surface area (Å²) < 4.78 is 5.88. The van der Waals surface area contributed by atoms with E-state index in [0.29, 0.717) is 6.54 Å². The maximum Gasteiger partial charge on any atom is 0.151 e. The highest BCUT2D eigenvalue weighted by Crippen LogP contribution is 2.29. The quantitative estimate of drug-likeness (QED) is 0.573. The van der Waals surface area contributed by atoms with Gasteiger partial charge in [-0.1, -0.05) is 24.3 Å². The molecule has 0 aliphatic rings. The lowest BCUT2D eigenvalue weighted by Crippen LogP contribution is -1.94. The van der Waals surface area contributed by atoms with E-state index in [1.165, 1.54) is 0 Å². The Kier molecular flexibility index (Phi) is 2.41. The van der Waals surface area contributed by atoms with Crippen LogP contribution in [0.25, 0.3) is 33.3 Å². The summed E-state index contributed by atoms with van der Waals surface area (Å²) in [6.07, 6.45) is 0. The van der Waals surface area contributed by atoms with E-state index in [1.807, 2.05) is 24.3 Å². The zero-order valence-corrected chi connectivity index (χ0v) is 10.9.